The molecule has 3 N–H and O–H groups in total. The molecule has 6 heteroatoms. The van der Waals surface area contributed by atoms with Gasteiger partial charge in [0.1, 0.15) is 6.33 Å². The van der Waals surface area contributed by atoms with E-state index in [1.54, 1.807) is 6.92 Å². The molecule has 1 aromatic heterocycles. The third-order valence-corrected chi connectivity index (χ3v) is 1.63. The molecule has 1 heterocycles. The second-order valence-electron chi connectivity index (χ2n) is 2.66. The van der Waals surface area contributed by atoms with Crippen molar-refractivity contribution in [3.63, 3.8) is 0 Å². The Morgan fingerprint density at radius 3 is 2.93 bits per heavy atom. The van der Waals surface area contributed by atoms with Crippen LogP contribution in [-0.4, -0.2) is 22.4 Å². The Hall–Kier alpha value is -1.72. The number of nitrogens with two attached hydrogens (primary N) is 1. The largest absolute Gasteiger partial charge is 0.368 e. The van der Waals surface area contributed by atoms with Gasteiger partial charge < -0.3 is 11.1 Å². The van der Waals surface area contributed by atoms with Crippen LogP contribution >= 0.6 is 0 Å². The summed E-state index contributed by atoms with van der Waals surface area (Å²) >= 11 is 0. The van der Waals surface area contributed by atoms with Crippen LogP contribution in [0.5, 0.6) is 0 Å². The Bertz CT molecular complexity index is 342. The summed E-state index contributed by atoms with van der Waals surface area (Å²) in [7, 11) is 0. The number of carbonyl (C=O) groups is 1. The van der Waals surface area contributed by atoms with Crippen LogP contribution < -0.4 is 11.1 Å². The molecule has 0 saturated heterocycles. The first-order valence-electron chi connectivity index (χ1n) is 4.16. The zero-order valence-electron chi connectivity index (χ0n) is 7.75. The molecule has 0 atom stereocenters. The number of rotatable bonds is 4. The van der Waals surface area contributed by atoms with Crippen LogP contribution in [0.3, 0.4) is 0 Å². The highest BCUT2D eigenvalue weighted by Crippen LogP contribution is 2.12. The predicted octanol–water partition coefficient (Wildman–Crippen LogP) is 0.0753. The molecule has 1 aromatic rings. The number of aryl methyl sites for hydroxylation is 1. The summed E-state index contributed by atoms with van der Waals surface area (Å²) in [4.78, 5) is 17.8. The predicted molar refractivity (Wildman–Crippen MR) is 49.1 cm³/mol. The van der Waals surface area contributed by atoms with Crippen LogP contribution in [0.4, 0.5) is 10.2 Å². The average molecular weight is 198 g/mol. The van der Waals surface area contributed by atoms with E-state index in [1.165, 1.54) is 6.33 Å². The number of hydrogen-bond acceptors (Lipinski definition) is 4. The van der Waals surface area contributed by atoms with Crippen molar-refractivity contribution in [1.29, 1.82) is 0 Å². The van der Waals surface area contributed by atoms with Crippen molar-refractivity contribution in [3.05, 3.63) is 17.8 Å². The lowest BCUT2D eigenvalue weighted by atomic mass is 10.3. The Morgan fingerprint density at radius 1 is 1.64 bits per heavy atom. The number of hydrogen-bond donors (Lipinski definition) is 2. The summed E-state index contributed by atoms with van der Waals surface area (Å²) in [6, 6.07) is 0. The molecular formula is C8H11FN4O. The van der Waals surface area contributed by atoms with Crippen molar-refractivity contribution >= 4 is 11.7 Å². The van der Waals surface area contributed by atoms with Crippen molar-refractivity contribution in [1.82, 2.24) is 9.97 Å². The fourth-order valence-corrected chi connectivity index (χ4v) is 0.947. The van der Waals surface area contributed by atoms with Crippen molar-refractivity contribution in [2.75, 3.05) is 11.9 Å². The minimum absolute atomic E-state index is 0.00986. The molecule has 1 amide bonds. The maximum atomic E-state index is 13.4. The van der Waals surface area contributed by atoms with Gasteiger partial charge in [0.05, 0.1) is 12.2 Å². The first-order chi connectivity index (χ1) is 6.65. The monoisotopic (exact) mass is 198 g/mol. The summed E-state index contributed by atoms with van der Waals surface area (Å²) < 4.78 is 13.4. The van der Waals surface area contributed by atoms with Crippen LogP contribution in [-0.2, 0) is 11.2 Å². The van der Waals surface area contributed by atoms with Crippen LogP contribution in [0.25, 0.3) is 0 Å². The lowest BCUT2D eigenvalue weighted by Gasteiger charge is -2.05. The van der Waals surface area contributed by atoms with Gasteiger partial charge in [0, 0.05) is 0 Å². The van der Waals surface area contributed by atoms with Gasteiger partial charge in [-0.25, -0.2) is 14.4 Å². The fourth-order valence-electron chi connectivity index (χ4n) is 0.947. The maximum absolute atomic E-state index is 13.4. The standard InChI is InChI=1S/C8H11FN4O/c1-2-5-7(9)8(13-4-12-5)11-3-6(10)14/h4H,2-3H2,1H3,(H2,10,14)(H,11,12,13). The van der Waals surface area contributed by atoms with E-state index in [0.717, 1.165) is 0 Å². The van der Waals surface area contributed by atoms with Crippen molar-refractivity contribution in [3.8, 4) is 0 Å². The Balaban J connectivity index is 2.81. The van der Waals surface area contributed by atoms with Gasteiger partial charge >= 0.3 is 0 Å². The Morgan fingerprint density at radius 2 is 2.36 bits per heavy atom. The smallest absolute Gasteiger partial charge is 0.236 e. The highest BCUT2D eigenvalue weighted by Gasteiger charge is 2.09. The average Bonchev–Trinajstić information content (AvgIpc) is 2.16. The SMILES string of the molecule is CCc1ncnc(NCC(N)=O)c1F. The molecule has 0 fully saturated rings. The molecular weight excluding hydrogens is 187 g/mol. The summed E-state index contributed by atoms with van der Waals surface area (Å²) in [5.74, 6) is -1.09. The molecule has 0 saturated carbocycles. The third kappa shape index (κ3) is 2.38. The Kier molecular flexibility index (Phi) is 3.33. The second kappa shape index (κ2) is 4.50. The molecule has 0 aliphatic carbocycles. The zero-order chi connectivity index (χ0) is 10.6. The highest BCUT2D eigenvalue weighted by atomic mass is 19.1. The van der Waals surface area contributed by atoms with E-state index in [4.69, 9.17) is 5.73 Å². The second-order valence-corrected chi connectivity index (χ2v) is 2.66. The van der Waals surface area contributed by atoms with Gasteiger partial charge in [0.2, 0.25) is 5.91 Å². The maximum Gasteiger partial charge on any atom is 0.236 e. The molecule has 0 spiro atoms. The van der Waals surface area contributed by atoms with Gasteiger partial charge in [0.25, 0.3) is 0 Å². The van der Waals surface area contributed by atoms with Crippen molar-refractivity contribution < 1.29 is 9.18 Å². The number of nitrogens with zero attached hydrogens (tertiary/aromatic N) is 2. The zero-order valence-corrected chi connectivity index (χ0v) is 7.75. The van der Waals surface area contributed by atoms with Gasteiger partial charge in [-0.2, -0.15) is 0 Å². The van der Waals surface area contributed by atoms with E-state index in [0.29, 0.717) is 12.1 Å². The number of carbonyl (C=O) groups excluding carboxylic acids is 1. The van der Waals surface area contributed by atoms with Crippen molar-refractivity contribution in [2.45, 2.75) is 13.3 Å². The van der Waals surface area contributed by atoms with Crippen LogP contribution in [0.1, 0.15) is 12.6 Å². The van der Waals surface area contributed by atoms with Crippen molar-refractivity contribution in [2.24, 2.45) is 5.73 Å². The molecule has 5 nitrogen and oxygen atoms in total. The number of anilines is 1. The van der Waals surface area contributed by atoms with E-state index in [1.807, 2.05) is 0 Å². The molecule has 1 rings (SSSR count). The van der Waals surface area contributed by atoms with Gasteiger partial charge in [-0.15, -0.1) is 0 Å². The van der Waals surface area contributed by atoms with E-state index in [9.17, 15) is 9.18 Å². The number of amides is 1. The van der Waals surface area contributed by atoms with E-state index < -0.39 is 11.7 Å². The topological polar surface area (TPSA) is 80.9 Å². The first kappa shape index (κ1) is 10.4. The van der Waals surface area contributed by atoms with Crippen LogP contribution in [0.15, 0.2) is 6.33 Å². The lowest BCUT2D eigenvalue weighted by Crippen LogP contribution is -2.23. The minimum Gasteiger partial charge on any atom is -0.368 e. The molecule has 0 aromatic carbocycles. The number of halogens is 1. The molecule has 0 unspecified atom stereocenters. The van der Waals surface area contributed by atoms with Crippen LogP contribution in [0, 0.1) is 5.82 Å². The van der Waals surface area contributed by atoms with Gasteiger partial charge in [0.15, 0.2) is 11.6 Å². The van der Waals surface area contributed by atoms with E-state index in [2.05, 4.69) is 15.3 Å². The molecule has 76 valence electrons. The van der Waals surface area contributed by atoms with E-state index in [-0.39, 0.29) is 12.4 Å². The molecule has 0 bridgehead atoms. The number of primary amides is 1. The van der Waals surface area contributed by atoms with Crippen LogP contribution in [0.2, 0.25) is 0 Å². The number of nitrogens with one attached hydrogen (secondary N) is 1. The molecule has 0 radical (unpaired) electrons. The summed E-state index contributed by atoms with van der Waals surface area (Å²) in [6.45, 7) is 1.64. The van der Waals surface area contributed by atoms with Gasteiger partial charge in [-0.3, -0.25) is 4.79 Å². The Labute approximate surface area is 80.5 Å². The normalized spacial score (nSPS) is 9.86. The lowest BCUT2D eigenvalue weighted by molar-refractivity contribution is -0.116. The summed E-state index contributed by atoms with van der Waals surface area (Å²) in [5, 5.41) is 2.49. The molecule has 0 aliphatic rings. The quantitative estimate of drug-likeness (QED) is 0.717. The third-order valence-electron chi connectivity index (χ3n) is 1.63. The number of aromatic nitrogens is 2. The molecule has 14 heavy (non-hydrogen) atoms. The van der Waals surface area contributed by atoms with Gasteiger partial charge in [-0.05, 0) is 6.42 Å². The van der Waals surface area contributed by atoms with Gasteiger partial charge in [-0.1, -0.05) is 6.92 Å². The summed E-state index contributed by atoms with van der Waals surface area (Å²) in [5.41, 5.74) is 5.21. The highest BCUT2D eigenvalue weighted by molar-refractivity contribution is 5.78. The first-order valence-corrected chi connectivity index (χ1v) is 4.16. The van der Waals surface area contributed by atoms with E-state index >= 15 is 0 Å². The minimum atomic E-state index is -0.568. The molecule has 0 aliphatic heterocycles. The fraction of sp³-hybridized carbons (Fsp3) is 0.375. The summed E-state index contributed by atoms with van der Waals surface area (Å²) in [6.07, 6.45) is 1.71.